The first-order chi connectivity index (χ1) is 10.0. The first kappa shape index (κ1) is 15.5. The Morgan fingerprint density at radius 1 is 1.24 bits per heavy atom. The molecular formula is C13H12Cl2N4O2. The Kier molecular flexibility index (Phi) is 4.93. The molecule has 0 fully saturated rings. The van der Waals surface area contributed by atoms with Crippen molar-refractivity contribution in [2.24, 2.45) is 0 Å². The number of nitrogens with zero attached hydrogens (tertiary/aromatic N) is 4. The van der Waals surface area contributed by atoms with E-state index in [0.29, 0.717) is 18.2 Å². The zero-order valence-electron chi connectivity index (χ0n) is 11.2. The van der Waals surface area contributed by atoms with Crippen LogP contribution in [-0.2, 0) is 6.54 Å². The molecule has 2 rings (SSSR count). The average molecular weight is 327 g/mol. The lowest BCUT2D eigenvalue weighted by molar-refractivity contribution is -0.384. The summed E-state index contributed by atoms with van der Waals surface area (Å²) in [6, 6.07) is 6.24. The molecule has 0 aliphatic rings. The quantitative estimate of drug-likeness (QED) is 0.475. The van der Waals surface area contributed by atoms with E-state index in [1.807, 2.05) is 13.0 Å². The summed E-state index contributed by atoms with van der Waals surface area (Å²) in [5.41, 5.74) is 0.792. The Morgan fingerprint density at radius 3 is 2.52 bits per heavy atom. The summed E-state index contributed by atoms with van der Waals surface area (Å²) in [5, 5.41) is 11.7. The van der Waals surface area contributed by atoms with Crippen molar-refractivity contribution in [3.63, 3.8) is 0 Å². The SMILES string of the molecule is CCN(Cc1ccc(Cl)nc1)c1nc(Cl)ccc1[N+](=O)[O-]. The van der Waals surface area contributed by atoms with Gasteiger partial charge in [0.05, 0.1) is 4.92 Å². The third-order valence-corrected chi connectivity index (χ3v) is 3.29. The maximum Gasteiger partial charge on any atom is 0.311 e. The van der Waals surface area contributed by atoms with Crippen LogP contribution >= 0.6 is 23.2 Å². The summed E-state index contributed by atoms with van der Waals surface area (Å²) < 4.78 is 0. The molecule has 0 spiro atoms. The molecule has 0 unspecified atom stereocenters. The van der Waals surface area contributed by atoms with Crippen LogP contribution in [0, 0.1) is 10.1 Å². The molecule has 2 aromatic heterocycles. The summed E-state index contributed by atoms with van der Waals surface area (Å²) in [7, 11) is 0. The van der Waals surface area contributed by atoms with Crippen molar-refractivity contribution in [2.75, 3.05) is 11.4 Å². The Hall–Kier alpha value is -1.92. The summed E-state index contributed by atoms with van der Waals surface area (Å²) in [5.74, 6) is 0.241. The van der Waals surface area contributed by atoms with Crippen LogP contribution in [0.3, 0.4) is 0 Å². The van der Waals surface area contributed by atoms with Gasteiger partial charge in [0.15, 0.2) is 0 Å². The molecule has 0 bridgehead atoms. The van der Waals surface area contributed by atoms with Crippen molar-refractivity contribution >= 4 is 34.7 Å². The van der Waals surface area contributed by atoms with Gasteiger partial charge in [0, 0.05) is 25.4 Å². The van der Waals surface area contributed by atoms with Gasteiger partial charge in [-0.15, -0.1) is 0 Å². The van der Waals surface area contributed by atoms with Crippen LogP contribution in [0.1, 0.15) is 12.5 Å². The van der Waals surface area contributed by atoms with E-state index >= 15 is 0 Å². The second-order valence-corrected chi connectivity index (χ2v) is 5.01. The fourth-order valence-corrected chi connectivity index (χ4v) is 2.10. The van der Waals surface area contributed by atoms with Crippen LogP contribution in [0.2, 0.25) is 10.3 Å². The van der Waals surface area contributed by atoms with E-state index < -0.39 is 4.92 Å². The molecule has 0 aromatic carbocycles. The predicted molar refractivity (Wildman–Crippen MR) is 81.9 cm³/mol. The maximum atomic E-state index is 11.1. The van der Waals surface area contributed by atoms with E-state index in [-0.39, 0.29) is 16.7 Å². The van der Waals surface area contributed by atoms with Crippen molar-refractivity contribution < 1.29 is 4.92 Å². The minimum Gasteiger partial charge on any atom is -0.347 e. The second kappa shape index (κ2) is 6.69. The van der Waals surface area contributed by atoms with Gasteiger partial charge in [-0.2, -0.15) is 0 Å². The van der Waals surface area contributed by atoms with Crippen LogP contribution in [0.25, 0.3) is 0 Å². The van der Waals surface area contributed by atoms with Crippen molar-refractivity contribution in [3.05, 3.63) is 56.4 Å². The number of hydrogen-bond donors (Lipinski definition) is 0. The maximum absolute atomic E-state index is 11.1. The summed E-state index contributed by atoms with van der Waals surface area (Å²) in [4.78, 5) is 20.5. The van der Waals surface area contributed by atoms with E-state index in [1.54, 1.807) is 17.2 Å². The normalized spacial score (nSPS) is 10.4. The predicted octanol–water partition coefficient (Wildman–Crippen LogP) is 3.72. The van der Waals surface area contributed by atoms with E-state index in [4.69, 9.17) is 23.2 Å². The molecule has 21 heavy (non-hydrogen) atoms. The van der Waals surface area contributed by atoms with Gasteiger partial charge < -0.3 is 4.90 Å². The van der Waals surface area contributed by atoms with Gasteiger partial charge in [-0.05, 0) is 24.6 Å². The fraction of sp³-hybridized carbons (Fsp3) is 0.231. The highest BCUT2D eigenvalue weighted by Gasteiger charge is 2.21. The number of aromatic nitrogens is 2. The van der Waals surface area contributed by atoms with Crippen molar-refractivity contribution in [3.8, 4) is 0 Å². The number of hydrogen-bond acceptors (Lipinski definition) is 5. The molecule has 0 N–H and O–H groups in total. The Labute approximate surface area is 131 Å². The number of nitro groups is 1. The van der Waals surface area contributed by atoms with Crippen molar-refractivity contribution in [1.29, 1.82) is 0 Å². The van der Waals surface area contributed by atoms with Crippen LogP contribution in [0.15, 0.2) is 30.5 Å². The highest BCUT2D eigenvalue weighted by atomic mass is 35.5. The Bertz CT molecular complexity index is 649. The molecule has 6 nitrogen and oxygen atoms in total. The lowest BCUT2D eigenvalue weighted by atomic mass is 10.2. The van der Waals surface area contributed by atoms with E-state index in [2.05, 4.69) is 9.97 Å². The Balaban J connectivity index is 2.34. The zero-order valence-corrected chi connectivity index (χ0v) is 12.7. The number of rotatable bonds is 5. The average Bonchev–Trinajstić information content (AvgIpc) is 2.46. The summed E-state index contributed by atoms with van der Waals surface area (Å²) in [6.45, 7) is 2.85. The minimum absolute atomic E-state index is 0.0804. The van der Waals surface area contributed by atoms with Gasteiger partial charge in [-0.3, -0.25) is 10.1 Å². The van der Waals surface area contributed by atoms with Gasteiger partial charge in [-0.25, -0.2) is 9.97 Å². The van der Waals surface area contributed by atoms with Crippen molar-refractivity contribution in [2.45, 2.75) is 13.5 Å². The van der Waals surface area contributed by atoms with Crippen LogP contribution < -0.4 is 4.90 Å². The summed E-state index contributed by atoms with van der Waals surface area (Å²) in [6.07, 6.45) is 1.63. The molecule has 0 aliphatic carbocycles. The molecule has 0 radical (unpaired) electrons. The van der Waals surface area contributed by atoms with E-state index in [9.17, 15) is 10.1 Å². The Morgan fingerprint density at radius 2 is 1.95 bits per heavy atom. The highest BCUT2D eigenvalue weighted by molar-refractivity contribution is 6.29. The largest absolute Gasteiger partial charge is 0.347 e. The van der Waals surface area contributed by atoms with Gasteiger partial charge in [-0.1, -0.05) is 29.3 Å². The minimum atomic E-state index is -0.471. The molecule has 2 aromatic rings. The molecule has 0 amide bonds. The molecular weight excluding hydrogens is 315 g/mol. The molecule has 0 aliphatic heterocycles. The van der Waals surface area contributed by atoms with Crippen LogP contribution in [0.5, 0.6) is 0 Å². The first-order valence-corrected chi connectivity index (χ1v) is 6.93. The lowest BCUT2D eigenvalue weighted by Gasteiger charge is -2.21. The highest BCUT2D eigenvalue weighted by Crippen LogP contribution is 2.28. The smallest absolute Gasteiger partial charge is 0.311 e. The van der Waals surface area contributed by atoms with Gasteiger partial charge >= 0.3 is 5.69 Å². The fourth-order valence-electron chi connectivity index (χ4n) is 1.85. The van der Waals surface area contributed by atoms with Gasteiger partial charge in [0.25, 0.3) is 0 Å². The topological polar surface area (TPSA) is 72.2 Å². The third-order valence-electron chi connectivity index (χ3n) is 2.86. The lowest BCUT2D eigenvalue weighted by Crippen LogP contribution is -2.24. The molecule has 0 atom stereocenters. The summed E-state index contributed by atoms with van der Waals surface area (Å²) >= 11 is 11.6. The first-order valence-electron chi connectivity index (χ1n) is 6.17. The molecule has 8 heteroatoms. The second-order valence-electron chi connectivity index (χ2n) is 4.24. The molecule has 0 saturated heterocycles. The third kappa shape index (κ3) is 3.80. The van der Waals surface area contributed by atoms with Gasteiger partial charge in [0.1, 0.15) is 10.3 Å². The molecule has 0 saturated carbocycles. The van der Waals surface area contributed by atoms with E-state index in [0.717, 1.165) is 5.56 Å². The van der Waals surface area contributed by atoms with Gasteiger partial charge in [0.2, 0.25) is 5.82 Å². The van der Waals surface area contributed by atoms with Crippen LogP contribution in [0.4, 0.5) is 11.5 Å². The monoisotopic (exact) mass is 326 g/mol. The molecule has 110 valence electrons. The molecule has 2 heterocycles. The zero-order chi connectivity index (χ0) is 15.4. The van der Waals surface area contributed by atoms with Crippen molar-refractivity contribution in [1.82, 2.24) is 9.97 Å². The number of anilines is 1. The van der Waals surface area contributed by atoms with Crippen LogP contribution in [-0.4, -0.2) is 21.4 Å². The number of pyridine rings is 2. The number of halogens is 2. The van der Waals surface area contributed by atoms with E-state index in [1.165, 1.54) is 12.1 Å². The standard InChI is InChI=1S/C13H12Cl2N4O2/c1-2-18(8-9-3-5-11(14)16-7-9)13-10(19(20)21)4-6-12(15)17-13/h3-7H,2,8H2,1H3.